The Balaban J connectivity index is 1.57. The first-order valence-electron chi connectivity index (χ1n) is 5.93. The summed E-state index contributed by atoms with van der Waals surface area (Å²) in [7, 11) is 1.85. The highest BCUT2D eigenvalue weighted by atomic mass is 16.5. The molecule has 1 aliphatic heterocycles. The molecule has 0 aromatic heterocycles. The predicted molar refractivity (Wildman–Crippen MR) is 59.2 cm³/mol. The lowest BCUT2D eigenvalue weighted by Gasteiger charge is -2.23. The first-order chi connectivity index (χ1) is 7.77. The Morgan fingerprint density at radius 3 is 3.00 bits per heavy atom. The Bertz CT molecular complexity index is 237. The van der Waals surface area contributed by atoms with Crippen LogP contribution in [0.2, 0.25) is 0 Å². The summed E-state index contributed by atoms with van der Waals surface area (Å²) < 4.78 is 10.8. The van der Waals surface area contributed by atoms with Crippen molar-refractivity contribution in [1.29, 1.82) is 0 Å². The Morgan fingerprint density at radius 2 is 2.38 bits per heavy atom. The monoisotopic (exact) mass is 228 g/mol. The molecule has 92 valence electrons. The zero-order valence-electron chi connectivity index (χ0n) is 9.78. The fourth-order valence-corrected chi connectivity index (χ4v) is 1.77. The van der Waals surface area contributed by atoms with E-state index in [0.717, 1.165) is 32.5 Å². The van der Waals surface area contributed by atoms with Gasteiger partial charge in [-0.25, -0.2) is 0 Å². The molecule has 1 amide bonds. The Hall–Kier alpha value is -0.650. The summed E-state index contributed by atoms with van der Waals surface area (Å²) in [5.74, 6) is 0.0752. The van der Waals surface area contributed by atoms with E-state index in [1.807, 2.05) is 7.05 Å². The van der Waals surface area contributed by atoms with Gasteiger partial charge in [-0.1, -0.05) is 0 Å². The molecule has 1 aliphatic carbocycles. The maximum Gasteiger partial charge on any atom is 0.248 e. The van der Waals surface area contributed by atoms with Crippen molar-refractivity contribution in [2.24, 2.45) is 0 Å². The third-order valence-corrected chi connectivity index (χ3v) is 3.02. The fraction of sp³-hybridized carbons (Fsp3) is 0.909. The van der Waals surface area contributed by atoms with Crippen molar-refractivity contribution in [1.82, 2.24) is 10.2 Å². The molecule has 5 nitrogen and oxygen atoms in total. The summed E-state index contributed by atoms with van der Waals surface area (Å²) in [6, 6.07) is 0.462. The van der Waals surface area contributed by atoms with Crippen LogP contribution in [0.25, 0.3) is 0 Å². The molecule has 1 heterocycles. The molecule has 1 saturated carbocycles. The second-order valence-corrected chi connectivity index (χ2v) is 4.45. The zero-order valence-corrected chi connectivity index (χ0v) is 9.78. The maximum absolute atomic E-state index is 11.6. The van der Waals surface area contributed by atoms with Crippen LogP contribution in [0.4, 0.5) is 0 Å². The Kier molecular flexibility index (Phi) is 4.15. The van der Waals surface area contributed by atoms with Crippen molar-refractivity contribution in [3.8, 4) is 0 Å². The van der Waals surface area contributed by atoms with Gasteiger partial charge in [0.2, 0.25) is 5.91 Å². The molecule has 2 aliphatic rings. The molecule has 0 aromatic rings. The summed E-state index contributed by atoms with van der Waals surface area (Å²) in [5, 5.41) is 3.22. The largest absolute Gasteiger partial charge is 0.373 e. The minimum atomic E-state index is 0.0752. The molecule has 5 heteroatoms. The molecule has 1 saturated heterocycles. The summed E-state index contributed by atoms with van der Waals surface area (Å²) in [6.07, 6.45) is 2.36. The SMILES string of the molecule is CN(C(=O)COCC1CNCCO1)C1CC1. The number of nitrogens with one attached hydrogen (secondary N) is 1. The van der Waals surface area contributed by atoms with Crippen molar-refractivity contribution >= 4 is 5.91 Å². The molecule has 1 atom stereocenters. The summed E-state index contributed by atoms with van der Waals surface area (Å²) in [5.41, 5.74) is 0. The predicted octanol–water partition coefficient (Wildman–Crippen LogP) is -0.388. The average Bonchev–Trinajstić information content (AvgIpc) is 3.13. The van der Waals surface area contributed by atoms with E-state index in [2.05, 4.69) is 5.32 Å². The zero-order chi connectivity index (χ0) is 11.4. The minimum Gasteiger partial charge on any atom is -0.373 e. The van der Waals surface area contributed by atoms with Crippen LogP contribution in [0.15, 0.2) is 0 Å². The number of ether oxygens (including phenoxy) is 2. The van der Waals surface area contributed by atoms with Crippen molar-refractivity contribution in [3.63, 3.8) is 0 Å². The van der Waals surface area contributed by atoms with E-state index >= 15 is 0 Å². The lowest BCUT2D eigenvalue weighted by atomic mass is 10.3. The van der Waals surface area contributed by atoms with Gasteiger partial charge in [0.1, 0.15) is 6.61 Å². The van der Waals surface area contributed by atoms with Crippen LogP contribution < -0.4 is 5.32 Å². The van der Waals surface area contributed by atoms with Crippen molar-refractivity contribution < 1.29 is 14.3 Å². The molecular formula is C11H20N2O3. The number of carbonyl (C=O) groups is 1. The van der Waals surface area contributed by atoms with Crippen molar-refractivity contribution in [3.05, 3.63) is 0 Å². The van der Waals surface area contributed by atoms with Gasteiger partial charge in [0.15, 0.2) is 0 Å². The highest BCUT2D eigenvalue weighted by molar-refractivity contribution is 5.77. The lowest BCUT2D eigenvalue weighted by molar-refractivity contribution is -0.137. The van der Waals surface area contributed by atoms with Gasteiger partial charge in [-0.3, -0.25) is 4.79 Å². The van der Waals surface area contributed by atoms with Crippen LogP contribution >= 0.6 is 0 Å². The molecule has 1 N–H and O–H groups in total. The Labute approximate surface area is 96.1 Å². The number of rotatable bonds is 5. The van der Waals surface area contributed by atoms with Crippen LogP contribution in [0.3, 0.4) is 0 Å². The third-order valence-electron chi connectivity index (χ3n) is 3.02. The highest BCUT2D eigenvalue weighted by Crippen LogP contribution is 2.25. The fourth-order valence-electron chi connectivity index (χ4n) is 1.77. The molecule has 1 unspecified atom stereocenters. The number of morpholine rings is 1. The summed E-state index contributed by atoms with van der Waals surface area (Å²) >= 11 is 0. The molecular weight excluding hydrogens is 208 g/mol. The van der Waals surface area contributed by atoms with Crippen LogP contribution in [-0.2, 0) is 14.3 Å². The van der Waals surface area contributed by atoms with E-state index in [1.165, 1.54) is 0 Å². The molecule has 0 radical (unpaired) electrons. The van der Waals surface area contributed by atoms with E-state index in [0.29, 0.717) is 12.6 Å². The van der Waals surface area contributed by atoms with Gasteiger partial charge in [0.05, 0.1) is 19.3 Å². The molecule has 2 rings (SSSR count). The van der Waals surface area contributed by atoms with Gasteiger partial charge < -0.3 is 19.7 Å². The summed E-state index contributed by atoms with van der Waals surface area (Å²) in [4.78, 5) is 13.4. The van der Waals surface area contributed by atoms with Crippen LogP contribution in [0, 0.1) is 0 Å². The number of hydrogen-bond donors (Lipinski definition) is 1. The molecule has 2 fully saturated rings. The molecule has 0 aromatic carbocycles. The Morgan fingerprint density at radius 1 is 1.56 bits per heavy atom. The van der Waals surface area contributed by atoms with E-state index < -0.39 is 0 Å². The van der Waals surface area contributed by atoms with E-state index in [4.69, 9.17) is 9.47 Å². The van der Waals surface area contributed by atoms with Crippen LogP contribution in [0.5, 0.6) is 0 Å². The van der Waals surface area contributed by atoms with E-state index in [-0.39, 0.29) is 18.6 Å². The van der Waals surface area contributed by atoms with Crippen LogP contribution in [-0.4, -0.2) is 62.9 Å². The topological polar surface area (TPSA) is 50.8 Å². The number of likely N-dealkylation sites (N-methyl/N-ethyl adjacent to an activating group) is 1. The summed E-state index contributed by atoms with van der Waals surface area (Å²) in [6.45, 7) is 3.11. The van der Waals surface area contributed by atoms with Crippen molar-refractivity contribution in [2.75, 3.05) is 40.0 Å². The number of carbonyl (C=O) groups excluding carboxylic acids is 1. The van der Waals surface area contributed by atoms with Gasteiger partial charge in [-0.15, -0.1) is 0 Å². The average molecular weight is 228 g/mol. The van der Waals surface area contributed by atoms with E-state index in [1.54, 1.807) is 4.90 Å². The molecule has 16 heavy (non-hydrogen) atoms. The van der Waals surface area contributed by atoms with Gasteiger partial charge in [0, 0.05) is 26.2 Å². The lowest BCUT2D eigenvalue weighted by Crippen LogP contribution is -2.41. The van der Waals surface area contributed by atoms with Crippen molar-refractivity contribution in [2.45, 2.75) is 25.0 Å². The third kappa shape index (κ3) is 3.43. The first kappa shape index (κ1) is 11.8. The minimum absolute atomic E-state index is 0.0752. The first-order valence-corrected chi connectivity index (χ1v) is 5.93. The maximum atomic E-state index is 11.6. The second-order valence-electron chi connectivity index (χ2n) is 4.45. The van der Waals surface area contributed by atoms with Gasteiger partial charge in [-0.05, 0) is 12.8 Å². The quantitative estimate of drug-likeness (QED) is 0.696. The second kappa shape index (κ2) is 5.61. The van der Waals surface area contributed by atoms with Gasteiger partial charge in [-0.2, -0.15) is 0 Å². The standard InChI is InChI=1S/C11H20N2O3/c1-13(9-2-3-9)11(14)8-15-7-10-6-12-4-5-16-10/h9-10,12H,2-8H2,1H3. The highest BCUT2D eigenvalue weighted by Gasteiger charge is 2.29. The molecule has 0 spiro atoms. The van der Waals surface area contributed by atoms with Crippen LogP contribution in [0.1, 0.15) is 12.8 Å². The normalized spacial score (nSPS) is 25.4. The molecule has 0 bridgehead atoms. The number of nitrogens with zero attached hydrogens (tertiary/aromatic N) is 1. The smallest absolute Gasteiger partial charge is 0.248 e. The number of amides is 1. The van der Waals surface area contributed by atoms with E-state index in [9.17, 15) is 4.79 Å². The van der Waals surface area contributed by atoms with Gasteiger partial charge >= 0.3 is 0 Å². The number of hydrogen-bond acceptors (Lipinski definition) is 4. The van der Waals surface area contributed by atoms with Gasteiger partial charge in [0.25, 0.3) is 0 Å².